The Morgan fingerprint density at radius 1 is 0.950 bits per heavy atom. The fraction of sp³-hybridized carbons (Fsp3) is 0.500. The van der Waals surface area contributed by atoms with Crippen LogP contribution in [-0.4, -0.2) is 40.7 Å². The first-order chi connectivity index (χ1) is 9.74. The highest BCUT2D eigenvalue weighted by Gasteiger charge is 2.36. The van der Waals surface area contributed by atoms with Gasteiger partial charge in [0.05, 0.1) is 0 Å². The largest absolute Gasteiger partial charge is 0.299 e. The third-order valence-electron chi connectivity index (χ3n) is 4.26. The monoisotopic (exact) mass is 272 g/mol. The van der Waals surface area contributed by atoms with Crippen LogP contribution in [0.4, 0.5) is 0 Å². The van der Waals surface area contributed by atoms with Crippen LogP contribution in [0.15, 0.2) is 30.3 Å². The summed E-state index contributed by atoms with van der Waals surface area (Å²) < 4.78 is 0. The average molecular weight is 272 g/mol. The van der Waals surface area contributed by atoms with Crippen LogP contribution in [0.2, 0.25) is 0 Å². The van der Waals surface area contributed by atoms with Crippen LogP contribution in [0, 0.1) is 0 Å². The third-order valence-corrected chi connectivity index (χ3v) is 4.26. The SMILES string of the molecule is O=C1CCC(=O)N1C1CCN(Cc2ccccc2)CC1. The van der Waals surface area contributed by atoms with E-state index in [0.717, 1.165) is 32.5 Å². The lowest BCUT2D eigenvalue weighted by molar-refractivity contribution is -0.142. The number of piperidine rings is 1. The molecule has 2 heterocycles. The first-order valence-corrected chi connectivity index (χ1v) is 7.35. The molecule has 1 aromatic carbocycles. The van der Waals surface area contributed by atoms with Gasteiger partial charge in [-0.05, 0) is 18.4 Å². The van der Waals surface area contributed by atoms with Crippen LogP contribution in [0.1, 0.15) is 31.2 Å². The number of imide groups is 1. The Hall–Kier alpha value is -1.68. The fourth-order valence-corrected chi connectivity index (χ4v) is 3.18. The molecular weight excluding hydrogens is 252 g/mol. The molecule has 0 saturated carbocycles. The molecular formula is C16H20N2O2. The molecule has 2 aliphatic rings. The maximum Gasteiger partial charge on any atom is 0.229 e. The lowest BCUT2D eigenvalue weighted by Gasteiger charge is -2.35. The maximum atomic E-state index is 11.7. The first-order valence-electron chi connectivity index (χ1n) is 7.35. The molecule has 4 heteroatoms. The van der Waals surface area contributed by atoms with Gasteiger partial charge in [0.25, 0.3) is 0 Å². The van der Waals surface area contributed by atoms with Crippen molar-refractivity contribution >= 4 is 11.8 Å². The lowest BCUT2D eigenvalue weighted by atomic mass is 10.0. The summed E-state index contributed by atoms with van der Waals surface area (Å²) in [5.41, 5.74) is 1.32. The minimum atomic E-state index is 0.0245. The Morgan fingerprint density at radius 3 is 2.15 bits per heavy atom. The second-order valence-electron chi connectivity index (χ2n) is 5.65. The molecule has 2 fully saturated rings. The molecule has 106 valence electrons. The Labute approximate surface area is 119 Å². The average Bonchev–Trinajstić information content (AvgIpc) is 2.81. The van der Waals surface area contributed by atoms with Crippen molar-refractivity contribution in [2.45, 2.75) is 38.3 Å². The summed E-state index contributed by atoms with van der Waals surface area (Å²) in [6.07, 6.45) is 2.63. The van der Waals surface area contributed by atoms with Gasteiger partial charge in [0.2, 0.25) is 11.8 Å². The van der Waals surface area contributed by atoms with Crippen molar-refractivity contribution in [1.29, 1.82) is 0 Å². The van der Waals surface area contributed by atoms with E-state index in [-0.39, 0.29) is 17.9 Å². The van der Waals surface area contributed by atoms with Gasteiger partial charge in [-0.2, -0.15) is 0 Å². The van der Waals surface area contributed by atoms with Crippen molar-refractivity contribution in [1.82, 2.24) is 9.80 Å². The highest BCUT2D eigenvalue weighted by atomic mass is 16.2. The van der Waals surface area contributed by atoms with Gasteiger partial charge in [-0.25, -0.2) is 0 Å². The number of benzene rings is 1. The standard InChI is InChI=1S/C16H20N2O2/c19-15-6-7-16(20)18(15)14-8-10-17(11-9-14)12-13-4-2-1-3-5-13/h1-5,14H,6-12H2. The summed E-state index contributed by atoms with van der Waals surface area (Å²) in [5, 5.41) is 0. The van der Waals surface area contributed by atoms with Crippen molar-refractivity contribution < 1.29 is 9.59 Å². The molecule has 2 amide bonds. The van der Waals surface area contributed by atoms with E-state index in [0.29, 0.717) is 12.8 Å². The first kappa shape index (κ1) is 13.3. The number of amides is 2. The molecule has 0 radical (unpaired) electrons. The van der Waals surface area contributed by atoms with E-state index in [1.165, 1.54) is 10.5 Å². The summed E-state index contributed by atoms with van der Waals surface area (Å²) in [6.45, 7) is 2.86. The molecule has 0 unspecified atom stereocenters. The molecule has 0 aromatic heterocycles. The Morgan fingerprint density at radius 2 is 1.55 bits per heavy atom. The summed E-state index contributed by atoms with van der Waals surface area (Å²) >= 11 is 0. The number of nitrogens with zero attached hydrogens (tertiary/aromatic N) is 2. The van der Waals surface area contributed by atoms with Crippen molar-refractivity contribution in [3.05, 3.63) is 35.9 Å². The van der Waals surface area contributed by atoms with E-state index in [1.54, 1.807) is 0 Å². The highest BCUT2D eigenvalue weighted by molar-refractivity contribution is 6.02. The van der Waals surface area contributed by atoms with E-state index in [9.17, 15) is 9.59 Å². The van der Waals surface area contributed by atoms with Crippen molar-refractivity contribution in [3.63, 3.8) is 0 Å². The van der Waals surface area contributed by atoms with Crippen molar-refractivity contribution in [3.8, 4) is 0 Å². The van der Waals surface area contributed by atoms with Crippen LogP contribution in [0.5, 0.6) is 0 Å². The van der Waals surface area contributed by atoms with Gasteiger partial charge < -0.3 is 0 Å². The predicted octanol–water partition coefficient (Wildman–Crippen LogP) is 1.80. The molecule has 20 heavy (non-hydrogen) atoms. The van der Waals surface area contributed by atoms with Crippen LogP contribution in [-0.2, 0) is 16.1 Å². The summed E-state index contributed by atoms with van der Waals surface area (Å²) in [5.74, 6) is 0.0491. The lowest BCUT2D eigenvalue weighted by Crippen LogP contribution is -2.46. The zero-order chi connectivity index (χ0) is 13.9. The van der Waals surface area contributed by atoms with Crippen molar-refractivity contribution in [2.24, 2.45) is 0 Å². The normalized spacial score (nSPS) is 21.7. The van der Waals surface area contributed by atoms with Crippen LogP contribution in [0.25, 0.3) is 0 Å². The molecule has 0 spiro atoms. The number of carbonyl (C=O) groups excluding carboxylic acids is 2. The topological polar surface area (TPSA) is 40.6 Å². The molecule has 2 saturated heterocycles. The molecule has 0 aliphatic carbocycles. The van der Waals surface area contributed by atoms with Gasteiger partial charge in [0.15, 0.2) is 0 Å². The van der Waals surface area contributed by atoms with Gasteiger partial charge in [0.1, 0.15) is 0 Å². The van der Waals surface area contributed by atoms with E-state index in [2.05, 4.69) is 29.2 Å². The van der Waals surface area contributed by atoms with Crippen LogP contribution >= 0.6 is 0 Å². The van der Waals surface area contributed by atoms with Gasteiger partial charge in [0, 0.05) is 38.5 Å². The van der Waals surface area contributed by atoms with E-state index in [4.69, 9.17) is 0 Å². The second-order valence-corrected chi connectivity index (χ2v) is 5.65. The number of carbonyl (C=O) groups is 2. The van der Waals surface area contributed by atoms with Crippen molar-refractivity contribution in [2.75, 3.05) is 13.1 Å². The van der Waals surface area contributed by atoms with Gasteiger partial charge in [-0.1, -0.05) is 30.3 Å². The molecule has 3 rings (SSSR count). The molecule has 0 bridgehead atoms. The Bertz CT molecular complexity index is 476. The van der Waals surface area contributed by atoms with Crippen LogP contribution in [0.3, 0.4) is 0 Å². The van der Waals surface area contributed by atoms with Crippen LogP contribution < -0.4 is 0 Å². The fourth-order valence-electron chi connectivity index (χ4n) is 3.18. The molecule has 2 aliphatic heterocycles. The molecule has 0 N–H and O–H groups in total. The minimum Gasteiger partial charge on any atom is -0.299 e. The summed E-state index contributed by atoms with van der Waals surface area (Å²) in [6, 6.07) is 10.6. The number of rotatable bonds is 3. The molecule has 4 nitrogen and oxygen atoms in total. The van der Waals surface area contributed by atoms with E-state index < -0.39 is 0 Å². The number of hydrogen-bond donors (Lipinski definition) is 0. The smallest absolute Gasteiger partial charge is 0.229 e. The quantitative estimate of drug-likeness (QED) is 0.788. The second kappa shape index (κ2) is 5.75. The third kappa shape index (κ3) is 2.75. The molecule has 1 aromatic rings. The zero-order valence-corrected chi connectivity index (χ0v) is 11.6. The Kier molecular flexibility index (Phi) is 3.83. The maximum absolute atomic E-state index is 11.7. The van der Waals surface area contributed by atoms with Gasteiger partial charge in [-0.15, -0.1) is 0 Å². The number of likely N-dealkylation sites (tertiary alicyclic amines) is 2. The molecule has 0 atom stereocenters. The van der Waals surface area contributed by atoms with E-state index >= 15 is 0 Å². The minimum absolute atomic E-state index is 0.0245. The Balaban J connectivity index is 1.55. The highest BCUT2D eigenvalue weighted by Crippen LogP contribution is 2.23. The van der Waals surface area contributed by atoms with Gasteiger partial charge in [-0.3, -0.25) is 19.4 Å². The number of hydrogen-bond acceptors (Lipinski definition) is 3. The summed E-state index contributed by atoms with van der Waals surface area (Å²) in [4.78, 5) is 27.4. The zero-order valence-electron chi connectivity index (χ0n) is 11.6. The van der Waals surface area contributed by atoms with Gasteiger partial charge >= 0.3 is 0 Å². The van der Waals surface area contributed by atoms with E-state index in [1.807, 2.05) is 6.07 Å². The predicted molar refractivity (Wildman–Crippen MR) is 75.8 cm³/mol. The summed E-state index contributed by atoms with van der Waals surface area (Å²) in [7, 11) is 0.